The Kier molecular flexibility index (Phi) is 50.2. The number of hydrogen-bond donors (Lipinski definition) is 11. The van der Waals surface area contributed by atoms with Crippen molar-refractivity contribution in [1.82, 2.24) is 52.5 Å². The van der Waals surface area contributed by atoms with Crippen LogP contribution in [0.15, 0.2) is 194 Å². The molecule has 5 aromatic carbocycles. The molecule has 22 heteroatoms. The molecule has 22 nitrogen and oxygen atoms in total. The Hall–Kier alpha value is -9.75. The SMILES string of the molecule is CN[C@@H](CCc1ccc(O)cc1)C(C)=O.CN[C@@H](Cc1cccnc1)C(C)=O.CN[C@@H](Cc1ccncc1)C(C)=O.CN[C@@](C)(CC(C)C)C(C)=O.CN[C@@](C)(CC1=CCc2cc(C)ccc21)C(C)=O.CN[C@@](C)(CCCN=C(N)N)C(C)=O.CN[C@@](C)(Cc1ccccc1)C(C)=O.CN[C@H](C(C)=O)C(c1ccccc1)c1ccccc1. The molecule has 13 N–H and O–H groups in total. The van der Waals surface area contributed by atoms with Gasteiger partial charge in [-0.3, -0.25) is 53.3 Å². The van der Waals surface area contributed by atoms with E-state index in [0.29, 0.717) is 18.9 Å². The van der Waals surface area contributed by atoms with Crippen molar-refractivity contribution in [3.8, 4) is 5.75 Å². The predicted octanol–water partition coefficient (Wildman–Crippen LogP) is 12.0. The Bertz CT molecular complexity index is 4030. The summed E-state index contributed by atoms with van der Waals surface area (Å²) in [4.78, 5) is 103. The fraction of sp³-hybridized carbons (Fsp3) is 0.463. The van der Waals surface area contributed by atoms with E-state index in [-0.39, 0.29) is 93.6 Å². The van der Waals surface area contributed by atoms with Crippen LogP contribution in [0.3, 0.4) is 0 Å². The van der Waals surface area contributed by atoms with Crippen molar-refractivity contribution < 1.29 is 43.5 Å². The zero-order valence-electron chi connectivity index (χ0n) is 74.3. The number of aliphatic imine (C=N–C) groups is 1. The van der Waals surface area contributed by atoms with Gasteiger partial charge in [0.2, 0.25) is 0 Å². The number of aromatic hydroxyl groups is 1. The van der Waals surface area contributed by atoms with E-state index in [4.69, 9.17) is 16.6 Å². The molecule has 0 unspecified atom stereocenters. The van der Waals surface area contributed by atoms with Gasteiger partial charge in [-0.25, -0.2) is 0 Å². The summed E-state index contributed by atoms with van der Waals surface area (Å²) in [6, 6.07) is 51.3. The molecule has 117 heavy (non-hydrogen) atoms. The number of nitrogens with two attached hydrogens (primary N) is 2. The van der Waals surface area contributed by atoms with Gasteiger partial charge in [-0.05, 0) is 297 Å². The van der Waals surface area contributed by atoms with E-state index in [0.717, 1.165) is 85.6 Å². The van der Waals surface area contributed by atoms with E-state index in [1.54, 1.807) is 121 Å². The Morgan fingerprint density at radius 2 is 0.932 bits per heavy atom. The number of benzene rings is 5. The highest BCUT2D eigenvalue weighted by Gasteiger charge is 2.33. The number of carbonyl (C=O) groups is 8. The first kappa shape index (κ1) is 105. The first-order valence-electron chi connectivity index (χ1n) is 40.3. The van der Waals surface area contributed by atoms with Crippen molar-refractivity contribution in [2.75, 3.05) is 62.9 Å². The van der Waals surface area contributed by atoms with E-state index >= 15 is 0 Å². The van der Waals surface area contributed by atoms with Crippen molar-refractivity contribution in [3.05, 3.63) is 239 Å². The summed E-state index contributed by atoms with van der Waals surface area (Å²) in [7, 11) is 14.5. The van der Waals surface area contributed by atoms with E-state index in [1.807, 2.05) is 159 Å². The third-order valence-corrected chi connectivity index (χ3v) is 21.3. The molecular formula is C95H141N13O9. The molecule has 0 spiro atoms. The number of Topliss-reactive ketones (excluding diaryl/α,β-unsaturated/α-hetero) is 8. The number of likely N-dealkylation sites (N-methyl/N-ethyl adjacent to an activating group) is 8. The van der Waals surface area contributed by atoms with Crippen molar-refractivity contribution in [2.45, 2.75) is 220 Å². The molecule has 1 aliphatic carbocycles. The van der Waals surface area contributed by atoms with Gasteiger partial charge in [0.1, 0.15) is 52.0 Å². The number of hydrogen-bond acceptors (Lipinski definition) is 20. The zero-order valence-corrected chi connectivity index (χ0v) is 74.3. The number of nitrogens with zero attached hydrogens (tertiary/aromatic N) is 3. The van der Waals surface area contributed by atoms with Crippen molar-refractivity contribution in [2.24, 2.45) is 22.4 Å². The lowest BCUT2D eigenvalue weighted by Gasteiger charge is -2.27. The molecule has 0 radical (unpaired) electrons. The fourth-order valence-corrected chi connectivity index (χ4v) is 12.7. The molecule has 0 bridgehead atoms. The number of phenols is 1. The second-order valence-corrected chi connectivity index (χ2v) is 30.9. The number of guanidine groups is 1. The number of pyridine rings is 2. The van der Waals surface area contributed by atoms with E-state index in [9.17, 15) is 38.4 Å². The van der Waals surface area contributed by atoms with Crippen LogP contribution in [0.25, 0.3) is 5.57 Å². The Morgan fingerprint density at radius 1 is 0.479 bits per heavy atom. The van der Waals surface area contributed by atoms with Crippen LogP contribution in [0.5, 0.6) is 5.75 Å². The van der Waals surface area contributed by atoms with Crippen molar-refractivity contribution in [1.29, 1.82) is 0 Å². The van der Waals surface area contributed by atoms with Crippen LogP contribution >= 0.6 is 0 Å². The third kappa shape index (κ3) is 39.8. The molecular weight excluding hydrogens is 1470 g/mol. The van der Waals surface area contributed by atoms with Crippen LogP contribution in [0.4, 0.5) is 0 Å². The van der Waals surface area contributed by atoms with Crippen LogP contribution in [0.1, 0.15) is 185 Å². The normalized spacial score (nSPS) is 14.0. The number of ketones is 8. The molecule has 0 aliphatic heterocycles. The fourth-order valence-electron chi connectivity index (χ4n) is 12.7. The van der Waals surface area contributed by atoms with Crippen LogP contribution in [-0.4, -0.2) is 177 Å². The smallest absolute Gasteiger partial charge is 0.185 e. The minimum Gasteiger partial charge on any atom is -0.508 e. The molecule has 7 aromatic rings. The highest BCUT2D eigenvalue weighted by atomic mass is 16.3. The minimum absolute atomic E-state index is 0.0462. The van der Waals surface area contributed by atoms with Gasteiger partial charge in [-0.1, -0.05) is 153 Å². The maximum absolute atomic E-state index is 11.9. The van der Waals surface area contributed by atoms with Crippen molar-refractivity contribution in [3.63, 3.8) is 0 Å². The lowest BCUT2D eigenvalue weighted by atomic mass is 9.83. The molecule has 1 aliphatic rings. The third-order valence-electron chi connectivity index (χ3n) is 21.3. The summed E-state index contributed by atoms with van der Waals surface area (Å²) in [5.74, 6) is 2.31. The topological polar surface area (TPSA) is 343 Å². The highest BCUT2D eigenvalue weighted by molar-refractivity contribution is 5.90. The standard InChI is InChI=1S/C17H19NO.C16H21NO.C12H17NO2.C12H17NO.2C10H14N2O.C9H20N4O.C9H19NO/c1-13(19)17(18-2)16(14-9-5-3-6-10-14)15-11-7-4-8-12-15;1-11-5-8-15-13(9-11)6-7-14(15)10-16(3,17-4)12(2)18;1-9(14)12(13-2)8-5-10-3-6-11(15)7-4-10;1-10(14)12(2,13-3)9-11-7-5-4-6-8-11;1-8(13)10(11-2)7-9-3-5-12-6-4-9;1-8(13)10(11-2)6-9-4-3-5-12-7-9;1-7(14)9(2,12-3)5-4-6-13-8(10)11;1-7(2)6-9(4,10-5)8(3)11/h3-12,16-18H,1-2H3;5,7-9,17H,6,10H2,1-4H3;3-4,6-7,12-13,15H,5,8H2,1-2H3;4-8,13H,9H2,1-3H3;3-6,10-11H,7H2,1-2H3;3-5,7,10-11H,6H2,1-2H3;12H,4-6H2,1-3H3,(H4,10,11,13);7,10H,6H2,1-5H3/t17-;16-;2*12-;2*10-;2*9-/m10000000/s1. The highest BCUT2D eigenvalue weighted by Crippen LogP contribution is 2.34. The number of fused-ring (bicyclic) bond motifs is 1. The summed E-state index contributed by atoms with van der Waals surface area (Å²) in [5, 5.41) is 33.5. The number of rotatable bonds is 36. The van der Waals surface area contributed by atoms with Gasteiger partial charge < -0.3 is 59.1 Å². The largest absolute Gasteiger partial charge is 0.508 e. The summed E-state index contributed by atoms with van der Waals surface area (Å²) < 4.78 is 0. The predicted molar refractivity (Wildman–Crippen MR) is 481 cm³/mol. The number of carbonyl (C=O) groups excluding carboxylic acids is 8. The molecule has 2 aromatic heterocycles. The first-order chi connectivity index (χ1) is 55.2. The van der Waals surface area contributed by atoms with Crippen molar-refractivity contribution >= 4 is 57.8 Å². The summed E-state index contributed by atoms with van der Waals surface area (Å²) >= 11 is 0. The van der Waals surface area contributed by atoms with Gasteiger partial charge in [0, 0.05) is 37.3 Å². The molecule has 8 rings (SSSR count). The van der Waals surface area contributed by atoms with E-state index in [1.165, 1.54) is 27.8 Å². The maximum atomic E-state index is 11.9. The van der Waals surface area contributed by atoms with Gasteiger partial charge in [0.25, 0.3) is 0 Å². The van der Waals surface area contributed by atoms with E-state index in [2.05, 4.69) is 127 Å². The number of phenolic OH excluding ortho intramolecular Hbond substituents is 1. The second-order valence-electron chi connectivity index (χ2n) is 30.9. The molecule has 640 valence electrons. The van der Waals surface area contributed by atoms with E-state index < -0.39 is 16.6 Å². The van der Waals surface area contributed by atoms with Gasteiger partial charge >= 0.3 is 0 Å². The van der Waals surface area contributed by atoms with Gasteiger partial charge in [0.15, 0.2) is 5.96 Å². The van der Waals surface area contributed by atoms with Crippen LogP contribution in [0.2, 0.25) is 0 Å². The molecule has 0 saturated carbocycles. The zero-order chi connectivity index (χ0) is 88.5. The van der Waals surface area contributed by atoms with Gasteiger partial charge in [0.05, 0.1) is 46.3 Å². The first-order valence-corrected chi connectivity index (χ1v) is 40.3. The Balaban J connectivity index is 0.000000672. The molecule has 0 saturated heterocycles. The summed E-state index contributed by atoms with van der Waals surface area (Å²) in [6.07, 6.45) is 17.2. The number of aryl methyl sites for hydroxylation is 2. The molecule has 2 heterocycles. The van der Waals surface area contributed by atoms with Crippen LogP contribution in [0, 0.1) is 12.8 Å². The minimum atomic E-state index is -0.460. The maximum Gasteiger partial charge on any atom is 0.185 e. The molecule has 0 amide bonds. The van der Waals surface area contributed by atoms with Gasteiger partial charge in [-0.2, -0.15) is 0 Å². The lowest BCUT2D eigenvalue weighted by Crippen LogP contribution is -2.48. The monoisotopic (exact) mass is 1610 g/mol. The number of aromatic nitrogens is 2. The molecule has 8 atom stereocenters. The number of allylic oxidation sites excluding steroid dienone is 1. The van der Waals surface area contributed by atoms with Crippen LogP contribution in [-0.2, 0) is 70.5 Å². The average Bonchev–Trinajstić information content (AvgIpc) is 1.71. The summed E-state index contributed by atoms with van der Waals surface area (Å²) in [6.45, 7) is 27.6. The average molecular weight is 1610 g/mol. The quantitative estimate of drug-likeness (QED) is 0.00987. The Morgan fingerprint density at radius 3 is 1.32 bits per heavy atom. The number of nitrogens with one attached hydrogen (secondary N) is 8. The van der Waals surface area contributed by atoms with Crippen LogP contribution < -0.4 is 54.0 Å². The Labute approximate surface area is 700 Å². The van der Waals surface area contributed by atoms with Gasteiger partial charge in [-0.15, -0.1) is 0 Å². The lowest BCUT2D eigenvalue weighted by molar-refractivity contribution is -0.123. The second kappa shape index (κ2) is 55.8. The summed E-state index contributed by atoms with van der Waals surface area (Å²) in [5.41, 5.74) is 20.8. The molecule has 0 fully saturated rings.